The first-order chi connectivity index (χ1) is 12.9. The minimum atomic E-state index is -3.70. The van der Waals surface area contributed by atoms with Crippen molar-refractivity contribution in [2.75, 3.05) is 11.9 Å². The van der Waals surface area contributed by atoms with Crippen molar-refractivity contribution in [2.24, 2.45) is 4.99 Å². The molecular weight excluding hydrogens is 388 g/mol. The maximum absolute atomic E-state index is 12.5. The van der Waals surface area contributed by atoms with Crippen LogP contribution in [0.5, 0.6) is 0 Å². The van der Waals surface area contributed by atoms with Crippen LogP contribution in [0.25, 0.3) is 0 Å². The van der Waals surface area contributed by atoms with Crippen LogP contribution in [0.2, 0.25) is 5.15 Å². The molecule has 3 rings (SSSR count). The van der Waals surface area contributed by atoms with Crippen LogP contribution < -0.4 is 10.0 Å². The molecule has 0 saturated carbocycles. The third-order valence-corrected chi connectivity index (χ3v) is 5.64. The van der Waals surface area contributed by atoms with E-state index in [-0.39, 0.29) is 16.0 Å². The predicted molar refractivity (Wildman–Crippen MR) is 105 cm³/mol. The van der Waals surface area contributed by atoms with Gasteiger partial charge in [-0.25, -0.2) is 13.4 Å². The van der Waals surface area contributed by atoms with Crippen molar-refractivity contribution in [1.29, 1.82) is 0 Å². The van der Waals surface area contributed by atoms with E-state index in [0.29, 0.717) is 30.1 Å². The molecule has 0 radical (unpaired) electrons. The lowest BCUT2D eigenvalue weighted by atomic mass is 10.2. The summed E-state index contributed by atoms with van der Waals surface area (Å²) < 4.78 is 27.6. The number of nitrogens with zero attached hydrogens (tertiary/aromatic N) is 2. The second-order valence-electron chi connectivity index (χ2n) is 6.09. The average Bonchev–Trinajstić information content (AvgIpc) is 2.90. The van der Waals surface area contributed by atoms with Gasteiger partial charge in [-0.15, -0.1) is 0 Å². The van der Waals surface area contributed by atoms with Crippen molar-refractivity contribution in [3.05, 3.63) is 53.3 Å². The summed E-state index contributed by atoms with van der Waals surface area (Å²) in [5.74, 6) is 0.139. The molecule has 1 aromatic heterocycles. The number of anilines is 1. The number of nitrogens with one attached hydrogen (secondary N) is 2. The summed E-state index contributed by atoms with van der Waals surface area (Å²) in [5.41, 5.74) is 0.832. The first kappa shape index (κ1) is 19.3. The van der Waals surface area contributed by atoms with Gasteiger partial charge in [0.05, 0.1) is 4.90 Å². The van der Waals surface area contributed by atoms with Gasteiger partial charge in [0, 0.05) is 30.4 Å². The molecule has 0 bridgehead atoms. The summed E-state index contributed by atoms with van der Waals surface area (Å²) in [6.07, 6.45) is 5.01. The molecule has 0 fully saturated rings. The van der Waals surface area contributed by atoms with Gasteiger partial charge in [0.2, 0.25) is 0 Å². The summed E-state index contributed by atoms with van der Waals surface area (Å²) in [6, 6.07) is 8.93. The van der Waals surface area contributed by atoms with Crippen LogP contribution in [0.15, 0.2) is 52.5 Å². The maximum Gasteiger partial charge on any atom is 0.262 e. The molecule has 0 aliphatic carbocycles. The molecule has 27 heavy (non-hydrogen) atoms. The summed E-state index contributed by atoms with van der Waals surface area (Å²) >= 11 is 5.78. The third kappa shape index (κ3) is 5.27. The van der Waals surface area contributed by atoms with Crippen LogP contribution in [-0.2, 0) is 10.0 Å². The number of halogens is 1. The van der Waals surface area contributed by atoms with Crippen molar-refractivity contribution in [2.45, 2.75) is 30.6 Å². The molecule has 0 atom stereocenters. The van der Waals surface area contributed by atoms with Crippen molar-refractivity contribution >= 4 is 39.1 Å². The van der Waals surface area contributed by atoms with Gasteiger partial charge >= 0.3 is 0 Å². The third-order valence-electron chi connectivity index (χ3n) is 4.04. The number of carbonyl (C=O) groups excluding carboxylic acids is 1. The van der Waals surface area contributed by atoms with Crippen LogP contribution >= 0.6 is 11.6 Å². The number of rotatable bonds is 4. The number of carbonyl (C=O) groups is 1. The fourth-order valence-corrected chi connectivity index (χ4v) is 3.90. The van der Waals surface area contributed by atoms with E-state index in [2.05, 4.69) is 20.0 Å². The largest absolute Gasteiger partial charge is 0.322 e. The van der Waals surface area contributed by atoms with Gasteiger partial charge in [0.1, 0.15) is 11.0 Å². The Bertz CT molecular complexity index is 959. The van der Waals surface area contributed by atoms with Gasteiger partial charge in [0.25, 0.3) is 15.9 Å². The van der Waals surface area contributed by atoms with E-state index in [4.69, 9.17) is 11.6 Å². The van der Waals surface area contributed by atoms with Crippen molar-refractivity contribution in [3.8, 4) is 0 Å². The summed E-state index contributed by atoms with van der Waals surface area (Å²) in [4.78, 5) is 20.4. The Morgan fingerprint density at radius 1 is 1.07 bits per heavy atom. The van der Waals surface area contributed by atoms with Crippen LogP contribution in [-0.4, -0.2) is 31.7 Å². The van der Waals surface area contributed by atoms with Crippen LogP contribution in [0, 0.1) is 0 Å². The molecule has 0 saturated heterocycles. The Kier molecular flexibility index (Phi) is 6.08. The maximum atomic E-state index is 12.5. The number of aliphatic imine (C=N–C) groups is 1. The van der Waals surface area contributed by atoms with Gasteiger partial charge in [-0.3, -0.25) is 14.5 Å². The van der Waals surface area contributed by atoms with E-state index < -0.39 is 10.0 Å². The molecule has 2 heterocycles. The van der Waals surface area contributed by atoms with Gasteiger partial charge < -0.3 is 5.32 Å². The first-order valence-electron chi connectivity index (χ1n) is 8.53. The zero-order valence-electron chi connectivity index (χ0n) is 14.5. The minimum Gasteiger partial charge on any atom is -0.322 e. The predicted octanol–water partition coefficient (Wildman–Crippen LogP) is 3.24. The average molecular weight is 407 g/mol. The van der Waals surface area contributed by atoms with Gasteiger partial charge in [-0.1, -0.05) is 18.0 Å². The lowest BCUT2D eigenvalue weighted by Gasteiger charge is -2.10. The van der Waals surface area contributed by atoms with E-state index in [1.807, 2.05) is 0 Å². The lowest BCUT2D eigenvalue weighted by molar-refractivity contribution is 0.102. The number of sulfonamides is 1. The molecule has 0 spiro atoms. The monoisotopic (exact) mass is 406 g/mol. The standard InChI is InChI=1S/C18H19ClN4O3S/c19-16-12-13(9-11-20-16)18(24)22-14-5-7-15(8-6-14)27(25,26)23-17-4-2-1-3-10-21-17/h5-9,11-12H,1-4,10H2,(H,21,23)(H,22,24). The smallest absolute Gasteiger partial charge is 0.262 e. The topological polar surface area (TPSA) is 101 Å². The van der Waals surface area contributed by atoms with E-state index in [1.54, 1.807) is 0 Å². The zero-order valence-corrected chi connectivity index (χ0v) is 16.1. The molecule has 9 heteroatoms. The number of amides is 1. The zero-order chi connectivity index (χ0) is 19.3. The van der Waals surface area contributed by atoms with Crippen LogP contribution in [0.1, 0.15) is 36.0 Å². The molecule has 0 unspecified atom stereocenters. The normalized spacial score (nSPS) is 14.8. The number of pyridine rings is 1. The lowest BCUT2D eigenvalue weighted by Crippen LogP contribution is -2.30. The van der Waals surface area contributed by atoms with Gasteiger partial charge in [0.15, 0.2) is 0 Å². The summed E-state index contributed by atoms with van der Waals surface area (Å²) in [7, 11) is -3.70. The number of benzene rings is 1. The molecule has 2 aromatic rings. The molecule has 142 valence electrons. The fourth-order valence-electron chi connectivity index (χ4n) is 2.64. The second-order valence-corrected chi connectivity index (χ2v) is 8.16. The molecule has 7 nitrogen and oxygen atoms in total. The highest BCUT2D eigenvalue weighted by molar-refractivity contribution is 7.90. The Morgan fingerprint density at radius 2 is 1.85 bits per heavy atom. The van der Waals surface area contributed by atoms with Crippen LogP contribution in [0.4, 0.5) is 5.69 Å². The Morgan fingerprint density at radius 3 is 2.59 bits per heavy atom. The second kappa shape index (κ2) is 8.49. The molecule has 1 amide bonds. The molecule has 2 N–H and O–H groups in total. The van der Waals surface area contributed by atoms with E-state index >= 15 is 0 Å². The SMILES string of the molecule is O=C(Nc1ccc(S(=O)(=O)NC2=NCCCCC2)cc1)c1ccnc(Cl)c1. The Hall–Kier alpha value is -2.45. The fraction of sp³-hybridized carbons (Fsp3) is 0.278. The van der Waals surface area contributed by atoms with E-state index in [9.17, 15) is 13.2 Å². The van der Waals surface area contributed by atoms with E-state index in [1.165, 1.54) is 42.6 Å². The Balaban J connectivity index is 1.69. The highest BCUT2D eigenvalue weighted by Crippen LogP contribution is 2.17. The van der Waals surface area contributed by atoms with Gasteiger partial charge in [-0.2, -0.15) is 0 Å². The van der Waals surface area contributed by atoms with Crippen molar-refractivity contribution in [1.82, 2.24) is 9.71 Å². The van der Waals surface area contributed by atoms with Crippen LogP contribution in [0.3, 0.4) is 0 Å². The number of hydrogen-bond acceptors (Lipinski definition) is 5. The highest BCUT2D eigenvalue weighted by Gasteiger charge is 2.17. The summed E-state index contributed by atoms with van der Waals surface area (Å²) in [5, 5.41) is 2.91. The Labute approximate surface area is 162 Å². The number of amidine groups is 1. The van der Waals surface area contributed by atoms with E-state index in [0.717, 1.165) is 19.3 Å². The minimum absolute atomic E-state index is 0.111. The number of aromatic nitrogens is 1. The molecule has 1 aromatic carbocycles. The molecule has 1 aliphatic rings. The molecular formula is C18H19ClN4O3S. The quantitative estimate of drug-likeness (QED) is 0.761. The highest BCUT2D eigenvalue weighted by atomic mass is 35.5. The van der Waals surface area contributed by atoms with Gasteiger partial charge in [-0.05, 0) is 49.2 Å². The van der Waals surface area contributed by atoms with Crippen molar-refractivity contribution < 1.29 is 13.2 Å². The number of hydrogen-bond donors (Lipinski definition) is 2. The van der Waals surface area contributed by atoms with Crippen molar-refractivity contribution in [3.63, 3.8) is 0 Å². The summed E-state index contributed by atoms with van der Waals surface area (Å²) in [6.45, 7) is 0.641. The first-order valence-corrected chi connectivity index (χ1v) is 10.4. The molecule has 1 aliphatic heterocycles.